The summed E-state index contributed by atoms with van der Waals surface area (Å²) >= 11 is 0. The van der Waals surface area contributed by atoms with Gasteiger partial charge in [-0.3, -0.25) is 14.4 Å². The van der Waals surface area contributed by atoms with Gasteiger partial charge in [0.25, 0.3) is 5.91 Å². The Morgan fingerprint density at radius 1 is 0.889 bits per heavy atom. The van der Waals surface area contributed by atoms with Crippen LogP contribution in [-0.2, 0) is 9.59 Å². The zero-order valence-corrected chi connectivity index (χ0v) is 21.2. The van der Waals surface area contributed by atoms with Crippen molar-refractivity contribution in [2.75, 3.05) is 28.6 Å². The van der Waals surface area contributed by atoms with Crippen LogP contribution in [0, 0.1) is 5.92 Å². The highest BCUT2D eigenvalue weighted by atomic mass is 16.2. The summed E-state index contributed by atoms with van der Waals surface area (Å²) in [6.45, 7) is 4.06. The van der Waals surface area contributed by atoms with Crippen LogP contribution >= 0.6 is 0 Å². The molecule has 36 heavy (non-hydrogen) atoms. The maximum atomic E-state index is 13.1. The quantitative estimate of drug-likeness (QED) is 0.442. The normalized spacial score (nSPS) is 16.9. The molecule has 0 aromatic heterocycles. The Kier molecular flexibility index (Phi) is 8.98. The molecule has 3 amide bonds. The molecular weight excluding hydrogens is 452 g/mol. The highest BCUT2D eigenvalue weighted by molar-refractivity contribution is 6.02. The number of anilines is 3. The zero-order chi connectivity index (χ0) is 25.3. The van der Waals surface area contributed by atoms with Crippen molar-refractivity contribution in [3.05, 3.63) is 54.1 Å². The first-order chi connectivity index (χ1) is 17.5. The van der Waals surface area contributed by atoms with Crippen molar-refractivity contribution in [1.29, 1.82) is 0 Å². The third-order valence-electron chi connectivity index (χ3n) is 7.15. The van der Waals surface area contributed by atoms with Crippen molar-refractivity contribution in [1.82, 2.24) is 5.32 Å². The lowest BCUT2D eigenvalue weighted by Crippen LogP contribution is -2.43. The first-order valence-corrected chi connectivity index (χ1v) is 13.4. The number of nitrogens with one attached hydrogen (secondary N) is 3. The number of amides is 3. The molecule has 0 spiro atoms. The molecule has 2 aromatic carbocycles. The zero-order valence-electron chi connectivity index (χ0n) is 21.2. The van der Waals surface area contributed by atoms with E-state index in [-0.39, 0.29) is 23.6 Å². The van der Waals surface area contributed by atoms with Gasteiger partial charge in [0, 0.05) is 41.6 Å². The van der Waals surface area contributed by atoms with Crippen LogP contribution in [0.4, 0.5) is 17.1 Å². The van der Waals surface area contributed by atoms with Crippen LogP contribution in [0.2, 0.25) is 0 Å². The number of nitrogens with zero attached hydrogens (tertiary/aromatic N) is 1. The highest BCUT2D eigenvalue weighted by Crippen LogP contribution is 2.26. The van der Waals surface area contributed by atoms with Crippen LogP contribution in [0.5, 0.6) is 0 Å². The molecule has 2 aromatic rings. The summed E-state index contributed by atoms with van der Waals surface area (Å²) in [5.41, 5.74) is 2.86. The minimum absolute atomic E-state index is 0.0201. The Hall–Kier alpha value is -3.35. The number of rotatable bonds is 9. The average Bonchev–Trinajstić information content (AvgIpc) is 3.44. The lowest BCUT2D eigenvalue weighted by Gasteiger charge is -2.21. The second-order valence-electron chi connectivity index (χ2n) is 9.95. The van der Waals surface area contributed by atoms with Crippen LogP contribution in [-0.4, -0.2) is 36.9 Å². The van der Waals surface area contributed by atoms with Gasteiger partial charge < -0.3 is 20.9 Å². The van der Waals surface area contributed by atoms with Crippen LogP contribution in [0.1, 0.15) is 75.1 Å². The van der Waals surface area contributed by atoms with Gasteiger partial charge in [-0.15, -0.1) is 0 Å². The van der Waals surface area contributed by atoms with Gasteiger partial charge in [0.15, 0.2) is 0 Å². The van der Waals surface area contributed by atoms with Crippen molar-refractivity contribution in [2.45, 2.75) is 70.8 Å². The van der Waals surface area contributed by atoms with Gasteiger partial charge in [0.1, 0.15) is 6.04 Å². The summed E-state index contributed by atoms with van der Waals surface area (Å²) in [6, 6.07) is 14.1. The third-order valence-corrected chi connectivity index (χ3v) is 7.15. The van der Waals surface area contributed by atoms with E-state index in [0.717, 1.165) is 56.6 Å². The van der Waals surface area contributed by atoms with E-state index in [1.807, 2.05) is 25.1 Å². The Morgan fingerprint density at radius 3 is 2.31 bits per heavy atom. The summed E-state index contributed by atoms with van der Waals surface area (Å²) in [7, 11) is 0. The van der Waals surface area contributed by atoms with Gasteiger partial charge in [-0.2, -0.15) is 0 Å². The second kappa shape index (κ2) is 12.6. The Morgan fingerprint density at radius 2 is 1.58 bits per heavy atom. The molecule has 3 N–H and O–H groups in total. The van der Waals surface area contributed by atoms with Crippen LogP contribution < -0.4 is 20.9 Å². The molecule has 2 aliphatic rings. The fraction of sp³-hybridized carbons (Fsp3) is 0.483. The molecule has 192 valence electrons. The predicted molar refractivity (Wildman–Crippen MR) is 144 cm³/mol. The van der Waals surface area contributed by atoms with Gasteiger partial charge >= 0.3 is 0 Å². The third kappa shape index (κ3) is 6.86. The fourth-order valence-electron chi connectivity index (χ4n) is 5.13. The van der Waals surface area contributed by atoms with Gasteiger partial charge in [-0.1, -0.05) is 44.7 Å². The molecule has 1 aliphatic carbocycles. The number of hydrogen-bond donors (Lipinski definition) is 3. The van der Waals surface area contributed by atoms with Crippen LogP contribution in [0.25, 0.3) is 0 Å². The first-order valence-electron chi connectivity index (χ1n) is 13.4. The first kappa shape index (κ1) is 25.7. The molecule has 7 nitrogen and oxygen atoms in total. The van der Waals surface area contributed by atoms with E-state index in [0.29, 0.717) is 17.7 Å². The van der Waals surface area contributed by atoms with Crippen molar-refractivity contribution in [2.24, 2.45) is 5.92 Å². The molecule has 1 aliphatic heterocycles. The van der Waals surface area contributed by atoms with Crippen LogP contribution in [0.3, 0.4) is 0 Å². The number of carbonyl (C=O) groups excluding carboxylic acids is 3. The summed E-state index contributed by atoms with van der Waals surface area (Å²) in [5, 5.41) is 8.84. The van der Waals surface area contributed by atoms with Gasteiger partial charge in [-0.25, -0.2) is 0 Å². The van der Waals surface area contributed by atoms with E-state index in [2.05, 4.69) is 26.9 Å². The standard InChI is InChI=1S/C29H38N4O3/c1-2-10-26(29(36)31-24-15-9-16-25(20-24)33-17-6-7-18-33)32-28(35)22-13-8-14-23(19-22)30-27(34)21-11-4-3-5-12-21/h8-9,13-16,19-21,26H,2-7,10-12,17-18H2,1H3,(H,30,34)(H,31,36)(H,32,35). The van der Waals surface area contributed by atoms with Gasteiger partial charge in [0.2, 0.25) is 11.8 Å². The molecule has 1 saturated heterocycles. The molecule has 1 unspecified atom stereocenters. The molecule has 7 heteroatoms. The number of hydrogen-bond acceptors (Lipinski definition) is 4. The molecular formula is C29H38N4O3. The largest absolute Gasteiger partial charge is 0.371 e. The summed E-state index contributed by atoms with van der Waals surface area (Å²) < 4.78 is 0. The predicted octanol–water partition coefficient (Wildman–Crippen LogP) is 5.34. The monoisotopic (exact) mass is 490 g/mol. The summed E-state index contributed by atoms with van der Waals surface area (Å²) in [5.74, 6) is -0.502. The molecule has 4 rings (SSSR count). The highest BCUT2D eigenvalue weighted by Gasteiger charge is 2.23. The molecule has 1 saturated carbocycles. The minimum atomic E-state index is -0.654. The molecule has 0 bridgehead atoms. The Labute approximate surface area is 214 Å². The molecule has 2 fully saturated rings. The maximum absolute atomic E-state index is 13.1. The topological polar surface area (TPSA) is 90.5 Å². The van der Waals surface area contributed by atoms with Crippen molar-refractivity contribution < 1.29 is 14.4 Å². The summed E-state index contributed by atoms with van der Waals surface area (Å²) in [4.78, 5) is 41.1. The SMILES string of the molecule is CCCC(NC(=O)c1cccc(NC(=O)C2CCCCC2)c1)C(=O)Nc1cccc(N2CCCC2)c1. The van der Waals surface area contributed by atoms with Gasteiger partial charge in [0.05, 0.1) is 0 Å². The second-order valence-corrected chi connectivity index (χ2v) is 9.95. The number of benzene rings is 2. The lowest BCUT2D eigenvalue weighted by atomic mass is 9.88. The van der Waals surface area contributed by atoms with Gasteiger partial charge in [-0.05, 0) is 68.5 Å². The molecule has 1 heterocycles. The van der Waals surface area contributed by atoms with E-state index >= 15 is 0 Å². The molecule has 1 atom stereocenters. The van der Waals surface area contributed by atoms with E-state index in [1.54, 1.807) is 24.3 Å². The van der Waals surface area contributed by atoms with E-state index in [1.165, 1.54) is 19.3 Å². The maximum Gasteiger partial charge on any atom is 0.252 e. The summed E-state index contributed by atoms with van der Waals surface area (Å²) in [6.07, 6.45) is 8.86. The fourth-order valence-corrected chi connectivity index (χ4v) is 5.13. The van der Waals surface area contributed by atoms with E-state index < -0.39 is 6.04 Å². The van der Waals surface area contributed by atoms with E-state index in [4.69, 9.17) is 0 Å². The minimum Gasteiger partial charge on any atom is -0.371 e. The van der Waals surface area contributed by atoms with Crippen molar-refractivity contribution in [3.8, 4) is 0 Å². The molecule has 0 radical (unpaired) electrons. The van der Waals surface area contributed by atoms with E-state index in [9.17, 15) is 14.4 Å². The Balaban J connectivity index is 1.38. The Bertz CT molecular complexity index is 1060. The smallest absolute Gasteiger partial charge is 0.252 e. The van der Waals surface area contributed by atoms with Crippen molar-refractivity contribution >= 4 is 34.8 Å². The van der Waals surface area contributed by atoms with Crippen molar-refractivity contribution in [3.63, 3.8) is 0 Å². The average molecular weight is 491 g/mol. The van der Waals surface area contributed by atoms with Crippen LogP contribution in [0.15, 0.2) is 48.5 Å². The lowest BCUT2D eigenvalue weighted by molar-refractivity contribution is -0.120. The number of carbonyl (C=O) groups is 3.